The minimum Gasteiger partial charge on any atom is -0.491 e. The monoisotopic (exact) mass is 469 g/mol. The molecule has 2 aromatic rings. The van der Waals surface area contributed by atoms with E-state index in [1.807, 2.05) is 12.1 Å². The Kier molecular flexibility index (Phi) is 8.92. The van der Waals surface area contributed by atoms with Gasteiger partial charge in [-0.15, -0.1) is 12.4 Å². The average molecular weight is 471 g/mol. The van der Waals surface area contributed by atoms with Crippen LogP contribution in [0.2, 0.25) is 0 Å². The Bertz CT molecular complexity index is 771. The third-order valence-corrected chi connectivity index (χ3v) is 5.04. The Morgan fingerprint density at radius 3 is 2.75 bits per heavy atom. The van der Waals surface area contributed by atoms with Crippen LogP contribution in [-0.4, -0.2) is 54.7 Å². The first kappa shape index (κ1) is 22.8. The molecule has 0 radical (unpaired) electrons. The molecule has 0 saturated carbocycles. The van der Waals surface area contributed by atoms with Crippen molar-refractivity contribution in [2.24, 2.45) is 0 Å². The smallest absolute Gasteiger partial charge is 0.159 e. The standard InChI is InChI=1S/C21H24BrNO4.ClH/c1-15(24)16-5-7-20(8-6-16)27-14-19(25)12-23-9-10-26-21(13-23)17-3-2-4-18(22)11-17;/h2-8,11,19,21,25H,9-10,12-14H2,1H3;1H. The van der Waals surface area contributed by atoms with Gasteiger partial charge in [0.05, 0.1) is 12.7 Å². The summed E-state index contributed by atoms with van der Waals surface area (Å²) in [5.41, 5.74) is 1.78. The Balaban J connectivity index is 0.00000280. The fourth-order valence-electron chi connectivity index (χ4n) is 3.11. The van der Waals surface area contributed by atoms with Crippen molar-refractivity contribution in [2.45, 2.75) is 19.1 Å². The first-order valence-corrected chi connectivity index (χ1v) is 9.82. The second-order valence-corrected chi connectivity index (χ2v) is 7.64. The Hall–Kier alpha value is -1.44. The van der Waals surface area contributed by atoms with Gasteiger partial charge in [0, 0.05) is 29.7 Å². The summed E-state index contributed by atoms with van der Waals surface area (Å²) in [5, 5.41) is 10.3. The van der Waals surface area contributed by atoms with Gasteiger partial charge in [-0.3, -0.25) is 9.69 Å². The number of ether oxygens (including phenoxy) is 2. The van der Waals surface area contributed by atoms with E-state index in [0.29, 0.717) is 24.5 Å². The Labute approximate surface area is 180 Å². The highest BCUT2D eigenvalue weighted by Crippen LogP contribution is 2.25. The molecule has 1 aliphatic heterocycles. The molecule has 1 saturated heterocycles. The number of ketones is 1. The largest absolute Gasteiger partial charge is 0.491 e. The van der Waals surface area contributed by atoms with E-state index in [9.17, 15) is 9.90 Å². The first-order chi connectivity index (χ1) is 13.0. The minimum atomic E-state index is -0.598. The van der Waals surface area contributed by atoms with Crippen molar-refractivity contribution < 1.29 is 19.4 Å². The van der Waals surface area contributed by atoms with Crippen LogP contribution in [0.1, 0.15) is 28.9 Å². The van der Waals surface area contributed by atoms with Crippen LogP contribution in [0.25, 0.3) is 0 Å². The van der Waals surface area contributed by atoms with Gasteiger partial charge in [-0.05, 0) is 48.9 Å². The molecule has 5 nitrogen and oxygen atoms in total. The number of halogens is 2. The minimum absolute atomic E-state index is 0. The molecule has 3 rings (SSSR count). The summed E-state index contributed by atoms with van der Waals surface area (Å²) in [4.78, 5) is 13.5. The summed E-state index contributed by atoms with van der Waals surface area (Å²) in [6, 6.07) is 15.1. The van der Waals surface area contributed by atoms with Gasteiger partial charge in [0.25, 0.3) is 0 Å². The quantitative estimate of drug-likeness (QED) is 0.622. The lowest BCUT2D eigenvalue weighted by atomic mass is 10.1. The second kappa shape index (κ2) is 10.9. The molecule has 2 atom stereocenters. The first-order valence-electron chi connectivity index (χ1n) is 9.02. The molecule has 2 unspecified atom stereocenters. The maximum Gasteiger partial charge on any atom is 0.159 e. The number of morpholine rings is 1. The van der Waals surface area contributed by atoms with E-state index in [4.69, 9.17) is 9.47 Å². The summed E-state index contributed by atoms with van der Waals surface area (Å²) < 4.78 is 12.6. The molecule has 152 valence electrons. The summed E-state index contributed by atoms with van der Waals surface area (Å²) in [7, 11) is 0. The third-order valence-electron chi connectivity index (χ3n) is 4.54. The van der Waals surface area contributed by atoms with Crippen molar-refractivity contribution in [1.82, 2.24) is 4.90 Å². The summed E-state index contributed by atoms with van der Waals surface area (Å²) >= 11 is 3.49. The molecule has 28 heavy (non-hydrogen) atoms. The number of carbonyl (C=O) groups is 1. The number of nitrogens with zero attached hydrogens (tertiary/aromatic N) is 1. The molecule has 0 aliphatic carbocycles. The van der Waals surface area contributed by atoms with E-state index < -0.39 is 6.10 Å². The second-order valence-electron chi connectivity index (χ2n) is 6.72. The van der Waals surface area contributed by atoms with Crippen molar-refractivity contribution in [3.05, 3.63) is 64.1 Å². The Morgan fingerprint density at radius 1 is 1.32 bits per heavy atom. The summed E-state index contributed by atoms with van der Waals surface area (Å²) in [5.74, 6) is 0.668. The van der Waals surface area contributed by atoms with Gasteiger partial charge in [0.1, 0.15) is 18.5 Å². The zero-order chi connectivity index (χ0) is 19.2. The van der Waals surface area contributed by atoms with E-state index in [1.54, 1.807) is 24.3 Å². The van der Waals surface area contributed by atoms with E-state index in [1.165, 1.54) is 6.92 Å². The molecule has 0 bridgehead atoms. The molecular weight excluding hydrogens is 446 g/mol. The average Bonchev–Trinajstić information content (AvgIpc) is 2.67. The van der Waals surface area contributed by atoms with Crippen LogP contribution >= 0.6 is 28.3 Å². The molecule has 7 heteroatoms. The Morgan fingerprint density at radius 2 is 2.07 bits per heavy atom. The molecular formula is C21H25BrClNO4. The molecule has 1 aliphatic rings. The summed E-state index contributed by atoms with van der Waals surface area (Å²) in [6.07, 6.45) is -0.595. The highest BCUT2D eigenvalue weighted by molar-refractivity contribution is 9.10. The van der Waals surface area contributed by atoms with Crippen LogP contribution in [-0.2, 0) is 4.74 Å². The van der Waals surface area contributed by atoms with Crippen LogP contribution in [0.4, 0.5) is 0 Å². The highest BCUT2D eigenvalue weighted by atomic mass is 79.9. The highest BCUT2D eigenvalue weighted by Gasteiger charge is 2.24. The lowest BCUT2D eigenvalue weighted by molar-refractivity contribution is -0.0459. The molecule has 2 aromatic carbocycles. The third kappa shape index (κ3) is 6.57. The zero-order valence-electron chi connectivity index (χ0n) is 15.7. The number of β-amino-alcohol motifs (C(OH)–C–C–N with tert-alkyl or cyclic N) is 1. The van der Waals surface area contributed by atoms with Gasteiger partial charge in [-0.2, -0.15) is 0 Å². The zero-order valence-corrected chi connectivity index (χ0v) is 18.1. The van der Waals surface area contributed by atoms with Gasteiger partial charge < -0.3 is 14.6 Å². The van der Waals surface area contributed by atoms with Crippen molar-refractivity contribution >= 4 is 34.1 Å². The van der Waals surface area contributed by atoms with Crippen LogP contribution in [0.3, 0.4) is 0 Å². The van der Waals surface area contributed by atoms with E-state index in [-0.39, 0.29) is 30.9 Å². The van der Waals surface area contributed by atoms with Crippen molar-refractivity contribution in [3.8, 4) is 5.75 Å². The van der Waals surface area contributed by atoms with Gasteiger partial charge >= 0.3 is 0 Å². The fraction of sp³-hybridized carbons (Fsp3) is 0.381. The van der Waals surface area contributed by atoms with Crippen molar-refractivity contribution in [3.63, 3.8) is 0 Å². The van der Waals surface area contributed by atoms with Crippen LogP contribution in [0.5, 0.6) is 5.75 Å². The molecule has 1 N–H and O–H groups in total. The maximum atomic E-state index is 11.3. The lowest BCUT2D eigenvalue weighted by Gasteiger charge is -2.34. The van der Waals surface area contributed by atoms with Gasteiger partial charge in [-0.25, -0.2) is 0 Å². The predicted molar refractivity (Wildman–Crippen MR) is 114 cm³/mol. The molecule has 1 fully saturated rings. The number of benzene rings is 2. The van der Waals surface area contributed by atoms with Gasteiger partial charge in [-0.1, -0.05) is 28.1 Å². The molecule has 1 heterocycles. The fourth-order valence-corrected chi connectivity index (χ4v) is 3.52. The number of aliphatic hydroxyl groups is 1. The van der Waals surface area contributed by atoms with Gasteiger partial charge in [0.2, 0.25) is 0 Å². The van der Waals surface area contributed by atoms with Crippen molar-refractivity contribution in [1.29, 1.82) is 0 Å². The number of hydrogen-bond acceptors (Lipinski definition) is 5. The van der Waals surface area contributed by atoms with E-state index in [0.717, 1.165) is 23.1 Å². The molecule has 0 aromatic heterocycles. The SMILES string of the molecule is CC(=O)c1ccc(OCC(O)CN2CCOC(c3cccc(Br)c3)C2)cc1.Cl. The number of hydrogen-bond donors (Lipinski definition) is 1. The number of rotatable bonds is 7. The van der Waals surface area contributed by atoms with Crippen LogP contribution < -0.4 is 4.74 Å². The molecule has 0 spiro atoms. The summed E-state index contributed by atoms with van der Waals surface area (Å²) in [6.45, 7) is 4.42. The maximum absolute atomic E-state index is 11.3. The number of Topliss-reactive ketones (excluding diaryl/α,β-unsaturated/α-hetero) is 1. The van der Waals surface area contributed by atoms with Crippen molar-refractivity contribution in [2.75, 3.05) is 32.8 Å². The van der Waals surface area contributed by atoms with Crippen LogP contribution in [0, 0.1) is 0 Å². The van der Waals surface area contributed by atoms with E-state index in [2.05, 4.69) is 33.0 Å². The number of aliphatic hydroxyl groups excluding tert-OH is 1. The molecule has 0 amide bonds. The van der Waals surface area contributed by atoms with E-state index >= 15 is 0 Å². The topological polar surface area (TPSA) is 59.0 Å². The normalized spacial score (nSPS) is 18.2. The number of carbonyl (C=O) groups excluding carboxylic acids is 1. The lowest BCUT2D eigenvalue weighted by Crippen LogP contribution is -2.43. The van der Waals surface area contributed by atoms with Gasteiger partial charge in [0.15, 0.2) is 5.78 Å². The predicted octanol–water partition coefficient (Wildman–Crippen LogP) is 3.89. The van der Waals surface area contributed by atoms with Crippen LogP contribution in [0.15, 0.2) is 53.0 Å².